The minimum atomic E-state index is -0.950. The first-order valence-electron chi connectivity index (χ1n) is 8.61. The number of hydrogen-bond acceptors (Lipinski definition) is 9. The third-order valence-electron chi connectivity index (χ3n) is 3.78. The van der Waals surface area contributed by atoms with E-state index in [9.17, 15) is 19.2 Å². The van der Waals surface area contributed by atoms with Crippen LogP contribution >= 0.6 is 0 Å². The zero-order chi connectivity index (χ0) is 20.8. The summed E-state index contributed by atoms with van der Waals surface area (Å²) in [4.78, 5) is 48.0. The van der Waals surface area contributed by atoms with E-state index in [1.807, 2.05) is 0 Å². The van der Waals surface area contributed by atoms with E-state index in [1.165, 1.54) is 20.8 Å². The molecule has 0 aliphatic carbocycles. The van der Waals surface area contributed by atoms with E-state index in [-0.39, 0.29) is 27.7 Å². The average Bonchev–Trinajstić information content (AvgIpc) is 3.19. The summed E-state index contributed by atoms with van der Waals surface area (Å²) in [6.45, 7) is 5.50. The van der Waals surface area contributed by atoms with E-state index in [0.29, 0.717) is 5.56 Å². The summed E-state index contributed by atoms with van der Waals surface area (Å²) >= 11 is -0.248. The van der Waals surface area contributed by atoms with E-state index < -0.39 is 48.3 Å². The van der Waals surface area contributed by atoms with Crippen molar-refractivity contribution < 1.29 is 42.9 Å². The summed E-state index contributed by atoms with van der Waals surface area (Å²) < 4.78 is 27.3. The van der Waals surface area contributed by atoms with Gasteiger partial charge in [-0.25, -0.2) is 0 Å². The van der Waals surface area contributed by atoms with Gasteiger partial charge in [0.05, 0.1) is 0 Å². The standard InChI is InChI=1S/C18H22O9Se/c1-5-23-18(22)12-6-14(28-8-12)16-17(26-11(4)21)15(25-10(3)20)13(27-16)7-24-9(2)19/h6,8,13,15-17H,5,7H2,1-4H3/t13-,15-,16-,17-/m1/s1. The van der Waals surface area contributed by atoms with Crippen LogP contribution in [0, 0.1) is 0 Å². The SMILES string of the molecule is CCOC(=O)c1c[se]c([C@H]2O[C@H](COC(C)=O)[C@@H](OC(C)=O)[C@H]2OC(C)=O)c1. The fourth-order valence-corrected chi connectivity index (χ4v) is 4.75. The van der Waals surface area contributed by atoms with Gasteiger partial charge in [0.25, 0.3) is 0 Å². The summed E-state index contributed by atoms with van der Waals surface area (Å²) in [5.74, 6) is -2.13. The second-order valence-corrected chi connectivity index (χ2v) is 7.98. The second-order valence-electron chi connectivity index (χ2n) is 6.00. The molecule has 2 heterocycles. The molecule has 1 aliphatic rings. The molecule has 154 valence electrons. The number of esters is 4. The molecule has 1 aromatic rings. The van der Waals surface area contributed by atoms with Gasteiger partial charge < -0.3 is 0 Å². The molecule has 1 aromatic heterocycles. The maximum absolute atomic E-state index is 11.9. The fourth-order valence-electron chi connectivity index (χ4n) is 2.77. The van der Waals surface area contributed by atoms with Crippen molar-refractivity contribution in [2.45, 2.75) is 52.1 Å². The first-order valence-corrected chi connectivity index (χ1v) is 10.5. The first kappa shape index (κ1) is 22.1. The van der Waals surface area contributed by atoms with E-state index >= 15 is 0 Å². The second kappa shape index (κ2) is 9.86. The molecule has 0 saturated carbocycles. The van der Waals surface area contributed by atoms with Gasteiger partial charge >= 0.3 is 168 Å². The Kier molecular flexibility index (Phi) is 7.79. The molecule has 2 rings (SSSR count). The molecule has 0 radical (unpaired) electrons. The van der Waals surface area contributed by atoms with Crippen LogP contribution in [0.15, 0.2) is 11.0 Å². The Labute approximate surface area is 168 Å². The van der Waals surface area contributed by atoms with E-state index in [2.05, 4.69) is 0 Å². The van der Waals surface area contributed by atoms with Crippen molar-refractivity contribution in [1.82, 2.24) is 0 Å². The Bertz CT molecular complexity index is 741. The number of carbonyl (C=O) groups excluding carboxylic acids is 4. The van der Waals surface area contributed by atoms with Crippen LogP contribution in [0.1, 0.15) is 48.6 Å². The van der Waals surface area contributed by atoms with Crippen molar-refractivity contribution in [2.24, 2.45) is 0 Å². The third kappa shape index (κ3) is 5.67. The van der Waals surface area contributed by atoms with Crippen molar-refractivity contribution in [3.63, 3.8) is 0 Å². The molecule has 9 nitrogen and oxygen atoms in total. The van der Waals surface area contributed by atoms with Crippen molar-refractivity contribution >= 4 is 38.4 Å². The zero-order valence-corrected chi connectivity index (χ0v) is 17.7. The topological polar surface area (TPSA) is 114 Å². The molecule has 0 bridgehead atoms. The van der Waals surface area contributed by atoms with Crippen LogP contribution in [0.3, 0.4) is 0 Å². The van der Waals surface area contributed by atoms with Crippen LogP contribution in [0.4, 0.5) is 0 Å². The predicted octanol–water partition coefficient (Wildman–Crippen LogP) is 0.787. The Balaban J connectivity index is 2.31. The van der Waals surface area contributed by atoms with Crippen molar-refractivity contribution in [3.05, 3.63) is 21.0 Å². The van der Waals surface area contributed by atoms with Gasteiger partial charge in [0.2, 0.25) is 0 Å². The summed E-state index contributed by atoms with van der Waals surface area (Å²) in [5.41, 5.74) is 0.398. The number of hydrogen-bond donors (Lipinski definition) is 0. The summed E-state index contributed by atoms with van der Waals surface area (Å²) in [6.07, 6.45) is -3.43. The molecule has 0 aromatic carbocycles. The van der Waals surface area contributed by atoms with Gasteiger partial charge in [-0.1, -0.05) is 0 Å². The fraction of sp³-hybridized carbons (Fsp3) is 0.556. The molecule has 1 saturated heterocycles. The van der Waals surface area contributed by atoms with Crippen molar-refractivity contribution in [1.29, 1.82) is 0 Å². The molecular formula is C18H22O9Se. The summed E-state index contributed by atoms with van der Waals surface area (Å²) in [7, 11) is 0. The molecular weight excluding hydrogens is 439 g/mol. The molecule has 1 fully saturated rings. The third-order valence-corrected chi connectivity index (χ3v) is 5.86. The van der Waals surface area contributed by atoms with Crippen LogP contribution in [0.5, 0.6) is 0 Å². The molecule has 0 spiro atoms. The molecule has 0 N–H and O–H groups in total. The number of carbonyl (C=O) groups is 4. The Morgan fingerprint density at radius 3 is 2.21 bits per heavy atom. The normalized spacial score (nSPS) is 23.7. The Morgan fingerprint density at radius 1 is 1.00 bits per heavy atom. The van der Waals surface area contributed by atoms with E-state index in [0.717, 1.165) is 4.44 Å². The summed E-state index contributed by atoms with van der Waals surface area (Å²) in [6, 6.07) is 1.64. The summed E-state index contributed by atoms with van der Waals surface area (Å²) in [5, 5.41) is 0. The molecule has 0 amide bonds. The van der Waals surface area contributed by atoms with Crippen LogP contribution in [-0.4, -0.2) is 69.9 Å². The van der Waals surface area contributed by atoms with Crippen molar-refractivity contribution in [2.75, 3.05) is 13.2 Å². The van der Waals surface area contributed by atoms with Crippen LogP contribution < -0.4 is 0 Å². The van der Waals surface area contributed by atoms with Gasteiger partial charge in [-0.05, 0) is 0 Å². The van der Waals surface area contributed by atoms with E-state index in [4.69, 9.17) is 23.7 Å². The number of rotatable bonds is 7. The first-order chi connectivity index (χ1) is 13.2. The Hall–Kier alpha value is -2.16. The number of ether oxygens (including phenoxy) is 5. The predicted molar refractivity (Wildman–Crippen MR) is 94.7 cm³/mol. The molecule has 0 unspecified atom stereocenters. The molecule has 10 heteroatoms. The van der Waals surface area contributed by atoms with Gasteiger partial charge in [0, 0.05) is 0 Å². The van der Waals surface area contributed by atoms with E-state index in [1.54, 1.807) is 17.9 Å². The zero-order valence-electron chi connectivity index (χ0n) is 16.0. The monoisotopic (exact) mass is 462 g/mol. The van der Waals surface area contributed by atoms with Gasteiger partial charge in [-0.3, -0.25) is 0 Å². The Morgan fingerprint density at radius 2 is 1.64 bits per heavy atom. The molecule has 28 heavy (non-hydrogen) atoms. The van der Waals surface area contributed by atoms with Crippen molar-refractivity contribution in [3.8, 4) is 0 Å². The van der Waals surface area contributed by atoms with Crippen LogP contribution in [0.25, 0.3) is 0 Å². The van der Waals surface area contributed by atoms with Crippen LogP contribution in [0.2, 0.25) is 0 Å². The van der Waals surface area contributed by atoms with Gasteiger partial charge in [-0.15, -0.1) is 0 Å². The quantitative estimate of drug-likeness (QED) is 0.330. The van der Waals surface area contributed by atoms with Gasteiger partial charge in [0.15, 0.2) is 0 Å². The van der Waals surface area contributed by atoms with Crippen LogP contribution in [-0.2, 0) is 38.1 Å². The van der Waals surface area contributed by atoms with Gasteiger partial charge in [0.1, 0.15) is 0 Å². The van der Waals surface area contributed by atoms with Gasteiger partial charge in [-0.2, -0.15) is 0 Å². The average molecular weight is 461 g/mol. The maximum atomic E-state index is 11.9. The molecule has 4 atom stereocenters. The minimum absolute atomic E-state index is 0.167. The molecule has 1 aliphatic heterocycles.